The van der Waals surface area contributed by atoms with Crippen molar-refractivity contribution in [3.05, 3.63) is 42.5 Å². The van der Waals surface area contributed by atoms with Gasteiger partial charge in [-0.05, 0) is 44.5 Å². The van der Waals surface area contributed by atoms with Crippen molar-refractivity contribution in [3.63, 3.8) is 0 Å². The predicted octanol–water partition coefficient (Wildman–Crippen LogP) is 2.77. The number of hydrogen-bond donors (Lipinski definition) is 1. The van der Waals surface area contributed by atoms with Crippen molar-refractivity contribution in [2.24, 2.45) is 0 Å². The first kappa shape index (κ1) is 17.9. The number of benzene rings is 1. The van der Waals surface area contributed by atoms with Gasteiger partial charge in [-0.1, -0.05) is 25.1 Å². The molecule has 0 atom stereocenters. The smallest absolute Gasteiger partial charge is 0.243 e. The molecule has 0 aliphatic carbocycles. The molecular formula is C16H26N2O2S. The van der Waals surface area contributed by atoms with Crippen LogP contribution >= 0.6 is 0 Å². The molecule has 0 fully saturated rings. The van der Waals surface area contributed by atoms with Crippen LogP contribution in [-0.4, -0.2) is 31.9 Å². The summed E-state index contributed by atoms with van der Waals surface area (Å²) < 4.78 is 26.9. The van der Waals surface area contributed by atoms with Gasteiger partial charge in [0, 0.05) is 19.1 Å². The molecule has 1 rings (SSSR count). The number of sulfonamides is 1. The molecule has 5 heteroatoms. The zero-order valence-electron chi connectivity index (χ0n) is 13.2. The molecule has 1 aromatic rings. The highest BCUT2D eigenvalue weighted by atomic mass is 32.2. The summed E-state index contributed by atoms with van der Waals surface area (Å²) in [5.41, 5.74) is 0.979. The van der Waals surface area contributed by atoms with Crippen molar-refractivity contribution in [2.45, 2.75) is 44.7 Å². The molecule has 0 aliphatic heterocycles. The van der Waals surface area contributed by atoms with Gasteiger partial charge in [-0.3, -0.25) is 0 Å². The van der Waals surface area contributed by atoms with E-state index in [-0.39, 0.29) is 6.04 Å². The van der Waals surface area contributed by atoms with Gasteiger partial charge in [-0.15, -0.1) is 6.58 Å². The van der Waals surface area contributed by atoms with E-state index in [0.717, 1.165) is 18.5 Å². The fraction of sp³-hybridized carbons (Fsp3) is 0.500. The first-order valence-electron chi connectivity index (χ1n) is 7.35. The van der Waals surface area contributed by atoms with Gasteiger partial charge in [-0.25, -0.2) is 8.42 Å². The summed E-state index contributed by atoms with van der Waals surface area (Å²) >= 11 is 0. The molecule has 1 aromatic carbocycles. The van der Waals surface area contributed by atoms with E-state index in [9.17, 15) is 8.42 Å². The normalized spacial score (nSPS) is 12.0. The molecule has 0 spiro atoms. The van der Waals surface area contributed by atoms with E-state index in [0.29, 0.717) is 18.0 Å². The van der Waals surface area contributed by atoms with E-state index in [1.807, 2.05) is 19.9 Å². The molecule has 4 nitrogen and oxygen atoms in total. The quantitative estimate of drug-likeness (QED) is 0.563. The number of rotatable bonds is 9. The van der Waals surface area contributed by atoms with Crippen molar-refractivity contribution in [3.8, 4) is 0 Å². The van der Waals surface area contributed by atoms with Crippen LogP contribution in [0.3, 0.4) is 0 Å². The lowest BCUT2D eigenvalue weighted by Crippen LogP contribution is -2.37. The van der Waals surface area contributed by atoms with Gasteiger partial charge in [0.05, 0.1) is 4.90 Å². The van der Waals surface area contributed by atoms with E-state index in [4.69, 9.17) is 0 Å². The van der Waals surface area contributed by atoms with Crippen LogP contribution in [0.5, 0.6) is 0 Å². The molecule has 0 radical (unpaired) electrons. The van der Waals surface area contributed by atoms with Crippen molar-refractivity contribution < 1.29 is 8.42 Å². The molecule has 0 aliphatic rings. The summed E-state index contributed by atoms with van der Waals surface area (Å²) in [6.45, 7) is 11.4. The van der Waals surface area contributed by atoms with Crippen LogP contribution in [0.4, 0.5) is 0 Å². The van der Waals surface area contributed by atoms with Gasteiger partial charge in [0.1, 0.15) is 0 Å². The Bertz CT molecular complexity index is 553. The molecule has 0 amide bonds. The Morgan fingerprint density at radius 2 is 2.10 bits per heavy atom. The second-order valence-electron chi connectivity index (χ2n) is 5.28. The van der Waals surface area contributed by atoms with E-state index in [1.54, 1.807) is 24.3 Å². The third kappa shape index (κ3) is 4.95. The largest absolute Gasteiger partial charge is 0.313 e. The third-order valence-electron chi connectivity index (χ3n) is 3.15. The second-order valence-corrected chi connectivity index (χ2v) is 7.17. The van der Waals surface area contributed by atoms with Crippen molar-refractivity contribution in [1.29, 1.82) is 0 Å². The molecule has 0 unspecified atom stereocenters. The predicted molar refractivity (Wildman–Crippen MR) is 87.7 cm³/mol. The number of nitrogens with zero attached hydrogens (tertiary/aromatic N) is 1. The molecule has 0 heterocycles. The van der Waals surface area contributed by atoms with Gasteiger partial charge in [-0.2, -0.15) is 4.31 Å². The van der Waals surface area contributed by atoms with Gasteiger partial charge in [0.15, 0.2) is 0 Å². The molecule has 0 bridgehead atoms. The maximum absolute atomic E-state index is 12.7. The highest BCUT2D eigenvalue weighted by Crippen LogP contribution is 2.19. The maximum atomic E-state index is 12.7. The Balaban J connectivity index is 3.01. The topological polar surface area (TPSA) is 49.4 Å². The van der Waals surface area contributed by atoms with Gasteiger partial charge in [0.25, 0.3) is 0 Å². The lowest BCUT2D eigenvalue weighted by atomic mass is 10.2. The molecular weight excluding hydrogens is 284 g/mol. The molecule has 0 saturated carbocycles. The molecule has 0 aromatic heterocycles. The number of nitrogens with one attached hydrogen (secondary N) is 1. The van der Waals surface area contributed by atoms with Crippen molar-refractivity contribution >= 4 is 10.0 Å². The first-order chi connectivity index (χ1) is 9.93. The summed E-state index contributed by atoms with van der Waals surface area (Å²) in [6.07, 6.45) is 2.67. The second kappa shape index (κ2) is 8.32. The summed E-state index contributed by atoms with van der Waals surface area (Å²) in [5.74, 6) is 0. The minimum Gasteiger partial charge on any atom is -0.313 e. The van der Waals surface area contributed by atoms with Gasteiger partial charge >= 0.3 is 0 Å². The summed E-state index contributed by atoms with van der Waals surface area (Å²) in [5, 5.41) is 3.28. The van der Waals surface area contributed by atoms with Crippen LogP contribution in [0, 0.1) is 0 Å². The maximum Gasteiger partial charge on any atom is 0.243 e. The fourth-order valence-electron chi connectivity index (χ4n) is 2.07. The summed E-state index contributed by atoms with van der Waals surface area (Å²) in [4.78, 5) is 0.342. The summed E-state index contributed by atoms with van der Waals surface area (Å²) in [6, 6.07) is 7.03. The summed E-state index contributed by atoms with van der Waals surface area (Å²) in [7, 11) is -3.48. The Kier molecular flexibility index (Phi) is 7.08. The van der Waals surface area contributed by atoms with Crippen LogP contribution in [-0.2, 0) is 16.6 Å². The lowest BCUT2D eigenvalue weighted by molar-refractivity contribution is 0.383. The monoisotopic (exact) mass is 310 g/mol. The molecule has 1 N–H and O–H groups in total. The van der Waals surface area contributed by atoms with Crippen LogP contribution < -0.4 is 5.32 Å². The highest BCUT2D eigenvalue weighted by Gasteiger charge is 2.25. The standard InChI is InChI=1S/C16H26N2O2S/c1-5-10-17-13-15-8-7-9-16(12-15)21(19,20)18(11-6-2)14(3)4/h6-9,12,14,17H,2,5,10-11,13H2,1,3-4H3. The average Bonchev–Trinajstić information content (AvgIpc) is 2.45. The molecule has 118 valence electrons. The van der Waals surface area contributed by atoms with Crippen LogP contribution in [0.2, 0.25) is 0 Å². The zero-order chi connectivity index (χ0) is 15.9. The minimum absolute atomic E-state index is 0.102. The Hall–Kier alpha value is -1.17. The number of hydrogen-bond acceptors (Lipinski definition) is 3. The van der Waals surface area contributed by atoms with Crippen LogP contribution in [0.15, 0.2) is 41.8 Å². The lowest BCUT2D eigenvalue weighted by Gasteiger charge is -2.24. The SMILES string of the molecule is C=CCN(C(C)C)S(=O)(=O)c1cccc(CNCCC)c1. The minimum atomic E-state index is -3.48. The molecule has 0 saturated heterocycles. The van der Waals surface area contributed by atoms with E-state index in [1.165, 1.54) is 4.31 Å². The van der Waals surface area contributed by atoms with Crippen molar-refractivity contribution in [1.82, 2.24) is 9.62 Å². The van der Waals surface area contributed by atoms with Crippen LogP contribution in [0.1, 0.15) is 32.8 Å². The zero-order valence-corrected chi connectivity index (χ0v) is 14.0. The van der Waals surface area contributed by atoms with Crippen molar-refractivity contribution in [2.75, 3.05) is 13.1 Å². The van der Waals surface area contributed by atoms with Gasteiger partial charge < -0.3 is 5.32 Å². The van der Waals surface area contributed by atoms with Gasteiger partial charge in [0.2, 0.25) is 10.0 Å². The Labute approximate surface area is 128 Å². The van der Waals surface area contributed by atoms with Crippen LogP contribution in [0.25, 0.3) is 0 Å². The third-order valence-corrected chi connectivity index (χ3v) is 5.18. The first-order valence-corrected chi connectivity index (χ1v) is 8.79. The van der Waals surface area contributed by atoms with E-state index in [2.05, 4.69) is 18.8 Å². The molecule has 21 heavy (non-hydrogen) atoms. The highest BCUT2D eigenvalue weighted by molar-refractivity contribution is 7.89. The van der Waals surface area contributed by atoms with E-state index >= 15 is 0 Å². The average molecular weight is 310 g/mol. The Morgan fingerprint density at radius 3 is 2.67 bits per heavy atom. The Morgan fingerprint density at radius 1 is 1.38 bits per heavy atom. The fourth-order valence-corrected chi connectivity index (χ4v) is 3.75. The van der Waals surface area contributed by atoms with E-state index < -0.39 is 10.0 Å².